The first-order chi connectivity index (χ1) is 11.9. The van der Waals surface area contributed by atoms with Gasteiger partial charge in [0.15, 0.2) is 5.96 Å². The number of hydrogen-bond donors (Lipinski definition) is 3. The molecule has 0 bridgehead atoms. The lowest BCUT2D eigenvalue weighted by atomic mass is 9.86. The first-order valence-corrected chi connectivity index (χ1v) is 9.17. The molecule has 0 aliphatic carbocycles. The van der Waals surface area contributed by atoms with Crippen molar-refractivity contribution in [2.45, 2.75) is 52.4 Å². The largest absolute Gasteiger partial charge is 0.356 e. The SMILES string of the molecule is CCCNC(=O)CCNC(=NC)NCCc1ccc(C(C)(C)C)cc1. The standard InChI is InChI=1S/C20H34N4O/c1-6-13-22-18(25)12-15-24-19(21-5)23-14-11-16-7-9-17(10-8-16)20(2,3)4/h7-10H,6,11-15H2,1-5H3,(H,22,25)(H2,21,23,24). The van der Waals surface area contributed by atoms with Crippen molar-refractivity contribution in [2.75, 3.05) is 26.7 Å². The van der Waals surface area contributed by atoms with Crippen molar-refractivity contribution in [3.05, 3.63) is 35.4 Å². The van der Waals surface area contributed by atoms with Crippen LogP contribution < -0.4 is 16.0 Å². The van der Waals surface area contributed by atoms with Crippen molar-refractivity contribution in [1.29, 1.82) is 0 Å². The molecule has 0 saturated carbocycles. The van der Waals surface area contributed by atoms with Gasteiger partial charge >= 0.3 is 0 Å². The monoisotopic (exact) mass is 346 g/mol. The number of nitrogens with zero attached hydrogens (tertiary/aromatic N) is 1. The fourth-order valence-corrected chi connectivity index (χ4v) is 2.36. The van der Waals surface area contributed by atoms with Crippen LogP contribution in [0.3, 0.4) is 0 Å². The molecular weight excluding hydrogens is 312 g/mol. The lowest BCUT2D eigenvalue weighted by Gasteiger charge is -2.19. The summed E-state index contributed by atoms with van der Waals surface area (Å²) in [5.41, 5.74) is 2.84. The van der Waals surface area contributed by atoms with E-state index in [2.05, 4.69) is 66.0 Å². The van der Waals surface area contributed by atoms with Gasteiger partial charge in [-0.3, -0.25) is 9.79 Å². The van der Waals surface area contributed by atoms with Gasteiger partial charge in [-0.15, -0.1) is 0 Å². The summed E-state index contributed by atoms with van der Waals surface area (Å²) >= 11 is 0. The molecule has 1 rings (SSSR count). The number of aliphatic imine (C=N–C) groups is 1. The second kappa shape index (κ2) is 10.7. The Bertz CT molecular complexity index is 544. The van der Waals surface area contributed by atoms with E-state index in [0.717, 1.165) is 31.9 Å². The predicted octanol–water partition coefficient (Wildman–Crippen LogP) is 2.61. The summed E-state index contributed by atoms with van der Waals surface area (Å²) in [4.78, 5) is 15.7. The van der Waals surface area contributed by atoms with Gasteiger partial charge in [-0.2, -0.15) is 0 Å². The smallest absolute Gasteiger partial charge is 0.221 e. The average Bonchev–Trinajstić information content (AvgIpc) is 2.58. The van der Waals surface area contributed by atoms with Gasteiger partial charge in [-0.25, -0.2) is 0 Å². The molecule has 5 heteroatoms. The zero-order chi connectivity index (χ0) is 18.7. The lowest BCUT2D eigenvalue weighted by molar-refractivity contribution is -0.120. The molecule has 0 fully saturated rings. The van der Waals surface area contributed by atoms with E-state index in [1.165, 1.54) is 11.1 Å². The summed E-state index contributed by atoms with van der Waals surface area (Å²) < 4.78 is 0. The summed E-state index contributed by atoms with van der Waals surface area (Å²) in [6.45, 7) is 10.8. The van der Waals surface area contributed by atoms with E-state index >= 15 is 0 Å². The molecule has 0 unspecified atom stereocenters. The van der Waals surface area contributed by atoms with Crippen LogP contribution >= 0.6 is 0 Å². The van der Waals surface area contributed by atoms with E-state index in [4.69, 9.17) is 0 Å². The van der Waals surface area contributed by atoms with Crippen molar-refractivity contribution in [3.8, 4) is 0 Å². The molecule has 3 N–H and O–H groups in total. The first kappa shape index (κ1) is 21.0. The maximum atomic E-state index is 11.6. The Labute approximate surface area is 152 Å². The first-order valence-electron chi connectivity index (χ1n) is 9.17. The Morgan fingerprint density at radius 3 is 2.20 bits per heavy atom. The molecule has 140 valence electrons. The van der Waals surface area contributed by atoms with Crippen LogP contribution in [0.2, 0.25) is 0 Å². The van der Waals surface area contributed by atoms with Crippen LogP contribution in [0.15, 0.2) is 29.3 Å². The molecule has 0 aromatic heterocycles. The summed E-state index contributed by atoms with van der Waals surface area (Å²) in [7, 11) is 1.74. The third-order valence-corrected chi connectivity index (χ3v) is 3.97. The molecule has 5 nitrogen and oxygen atoms in total. The van der Waals surface area contributed by atoms with Crippen molar-refractivity contribution < 1.29 is 4.79 Å². The Hall–Kier alpha value is -2.04. The topological polar surface area (TPSA) is 65.5 Å². The molecule has 0 aliphatic heterocycles. The van der Waals surface area contributed by atoms with Gasteiger partial charge in [0.05, 0.1) is 0 Å². The number of rotatable bonds is 8. The van der Waals surface area contributed by atoms with Gasteiger partial charge in [0.2, 0.25) is 5.91 Å². The lowest BCUT2D eigenvalue weighted by Crippen LogP contribution is -2.40. The van der Waals surface area contributed by atoms with Crippen LogP contribution in [0.25, 0.3) is 0 Å². The zero-order valence-corrected chi connectivity index (χ0v) is 16.4. The number of hydrogen-bond acceptors (Lipinski definition) is 2. The highest BCUT2D eigenvalue weighted by Gasteiger charge is 2.12. The fourth-order valence-electron chi connectivity index (χ4n) is 2.36. The highest BCUT2D eigenvalue weighted by atomic mass is 16.1. The maximum Gasteiger partial charge on any atom is 0.221 e. The maximum absolute atomic E-state index is 11.6. The molecule has 0 heterocycles. The van der Waals surface area contributed by atoms with E-state index in [-0.39, 0.29) is 11.3 Å². The number of carbonyl (C=O) groups is 1. The summed E-state index contributed by atoms with van der Waals surface area (Å²) in [5.74, 6) is 0.804. The van der Waals surface area contributed by atoms with Gasteiger partial charge < -0.3 is 16.0 Å². The van der Waals surface area contributed by atoms with Crippen molar-refractivity contribution in [2.24, 2.45) is 4.99 Å². The van der Waals surface area contributed by atoms with Crippen LogP contribution in [0.1, 0.15) is 51.7 Å². The number of carbonyl (C=O) groups excluding carboxylic acids is 1. The third kappa shape index (κ3) is 8.57. The number of nitrogens with one attached hydrogen (secondary N) is 3. The minimum absolute atomic E-state index is 0.0729. The predicted molar refractivity (Wildman–Crippen MR) is 106 cm³/mol. The number of guanidine groups is 1. The van der Waals surface area contributed by atoms with Gasteiger partial charge in [0, 0.05) is 33.1 Å². The Morgan fingerprint density at radius 2 is 1.64 bits per heavy atom. The third-order valence-electron chi connectivity index (χ3n) is 3.97. The van der Waals surface area contributed by atoms with E-state index in [9.17, 15) is 4.79 Å². The molecule has 0 radical (unpaired) electrons. The molecule has 1 aromatic carbocycles. The van der Waals surface area contributed by atoms with Gasteiger partial charge in [-0.1, -0.05) is 52.0 Å². The van der Waals surface area contributed by atoms with Gasteiger partial charge in [0.25, 0.3) is 0 Å². The van der Waals surface area contributed by atoms with Gasteiger partial charge in [-0.05, 0) is 29.4 Å². The molecule has 1 aromatic rings. The average molecular weight is 347 g/mol. The molecule has 0 saturated heterocycles. The second-order valence-electron chi connectivity index (χ2n) is 7.22. The van der Waals surface area contributed by atoms with Crippen LogP contribution in [0, 0.1) is 0 Å². The molecule has 25 heavy (non-hydrogen) atoms. The Morgan fingerprint density at radius 1 is 1.00 bits per heavy atom. The molecule has 0 aliphatic rings. The summed E-state index contributed by atoms with van der Waals surface area (Å²) in [6.07, 6.45) is 2.34. The quantitative estimate of drug-likeness (QED) is 0.501. The molecule has 0 atom stereocenters. The number of benzene rings is 1. The van der Waals surface area contributed by atoms with Crippen molar-refractivity contribution in [3.63, 3.8) is 0 Å². The van der Waals surface area contributed by atoms with Gasteiger partial charge in [0.1, 0.15) is 0 Å². The van der Waals surface area contributed by atoms with E-state index in [1.54, 1.807) is 7.05 Å². The highest BCUT2D eigenvalue weighted by molar-refractivity contribution is 5.81. The minimum atomic E-state index is 0.0729. The van der Waals surface area contributed by atoms with Crippen LogP contribution in [-0.4, -0.2) is 38.5 Å². The van der Waals surface area contributed by atoms with Crippen LogP contribution in [0.5, 0.6) is 0 Å². The van der Waals surface area contributed by atoms with Crippen LogP contribution in [-0.2, 0) is 16.6 Å². The Kier molecular flexibility index (Phi) is 9.03. The molecule has 0 spiro atoms. The van der Waals surface area contributed by atoms with Crippen molar-refractivity contribution >= 4 is 11.9 Å². The second-order valence-corrected chi connectivity index (χ2v) is 7.22. The van der Waals surface area contributed by atoms with E-state index in [1.807, 2.05) is 6.92 Å². The van der Waals surface area contributed by atoms with Crippen molar-refractivity contribution in [1.82, 2.24) is 16.0 Å². The van der Waals surface area contributed by atoms with E-state index in [0.29, 0.717) is 13.0 Å². The minimum Gasteiger partial charge on any atom is -0.356 e. The van der Waals surface area contributed by atoms with Crippen LogP contribution in [0.4, 0.5) is 0 Å². The molecule has 1 amide bonds. The zero-order valence-electron chi connectivity index (χ0n) is 16.4. The fraction of sp³-hybridized carbons (Fsp3) is 0.600. The normalized spacial score (nSPS) is 12.0. The molecular formula is C20H34N4O. The summed E-state index contributed by atoms with van der Waals surface area (Å²) in [6, 6.07) is 8.79. The highest BCUT2D eigenvalue weighted by Crippen LogP contribution is 2.22. The van der Waals surface area contributed by atoms with E-state index < -0.39 is 0 Å². The Balaban J connectivity index is 2.30. The number of amides is 1. The summed E-state index contributed by atoms with van der Waals surface area (Å²) in [5, 5.41) is 9.32.